The molecule has 148 valence electrons. The number of hydrogen-bond acceptors (Lipinski definition) is 7. The van der Waals surface area contributed by atoms with Crippen LogP contribution in [0.3, 0.4) is 0 Å². The van der Waals surface area contributed by atoms with Gasteiger partial charge in [0.25, 0.3) is 5.91 Å². The number of nitrogens with two attached hydrogens (primary N) is 1. The Morgan fingerprint density at radius 2 is 1.93 bits per heavy atom. The average Bonchev–Trinajstić information content (AvgIpc) is 2.75. The molecule has 1 amide bonds. The Morgan fingerprint density at radius 3 is 2.66 bits per heavy atom. The van der Waals surface area contributed by atoms with Crippen LogP contribution in [-0.4, -0.2) is 45.0 Å². The maximum atomic E-state index is 11.3. The molecule has 0 unspecified atom stereocenters. The second kappa shape index (κ2) is 8.22. The summed E-state index contributed by atoms with van der Waals surface area (Å²) < 4.78 is 6.03. The minimum atomic E-state index is -0.562. The van der Waals surface area contributed by atoms with Gasteiger partial charge in [-0.25, -0.2) is 9.97 Å². The Labute approximate surface area is 168 Å². The summed E-state index contributed by atoms with van der Waals surface area (Å²) in [7, 11) is 0. The number of nitrogens with zero attached hydrogens (tertiary/aromatic N) is 5. The summed E-state index contributed by atoms with van der Waals surface area (Å²) in [5.74, 6) is 1.59. The predicted molar refractivity (Wildman–Crippen MR) is 109 cm³/mol. The molecule has 4 heterocycles. The molecule has 0 spiro atoms. The monoisotopic (exact) mass is 390 g/mol. The molecular formula is C21H22N6O2. The summed E-state index contributed by atoms with van der Waals surface area (Å²) in [6.45, 7) is 3.60. The number of anilines is 1. The van der Waals surface area contributed by atoms with Gasteiger partial charge in [0, 0.05) is 56.2 Å². The van der Waals surface area contributed by atoms with Gasteiger partial charge in [-0.15, -0.1) is 0 Å². The molecule has 8 nitrogen and oxygen atoms in total. The highest BCUT2D eigenvalue weighted by Crippen LogP contribution is 2.24. The van der Waals surface area contributed by atoms with Crippen LogP contribution in [0.2, 0.25) is 0 Å². The van der Waals surface area contributed by atoms with Crippen molar-refractivity contribution in [1.82, 2.24) is 19.9 Å². The van der Waals surface area contributed by atoms with E-state index in [-0.39, 0.29) is 11.8 Å². The van der Waals surface area contributed by atoms with Crippen LogP contribution >= 0.6 is 0 Å². The Kier molecular flexibility index (Phi) is 5.33. The van der Waals surface area contributed by atoms with Gasteiger partial charge in [-0.2, -0.15) is 0 Å². The lowest BCUT2D eigenvalue weighted by Crippen LogP contribution is -2.38. The first-order valence-corrected chi connectivity index (χ1v) is 9.53. The molecule has 3 aromatic heterocycles. The van der Waals surface area contributed by atoms with Gasteiger partial charge >= 0.3 is 0 Å². The SMILES string of the molecule is Cc1cc(N2CCC(Oc3ccnc(C(N)=O)c3)CC2)nc(-c2ccccn2)n1. The van der Waals surface area contributed by atoms with Gasteiger partial charge in [0.1, 0.15) is 29.1 Å². The minimum Gasteiger partial charge on any atom is -0.490 e. The number of aryl methyl sites for hydroxylation is 1. The van der Waals surface area contributed by atoms with Gasteiger partial charge in [0.15, 0.2) is 5.82 Å². The maximum absolute atomic E-state index is 11.3. The third-order valence-electron chi connectivity index (χ3n) is 4.79. The molecule has 0 radical (unpaired) electrons. The van der Waals surface area contributed by atoms with Crippen LogP contribution in [0.5, 0.6) is 5.75 Å². The average molecular weight is 390 g/mol. The number of amides is 1. The summed E-state index contributed by atoms with van der Waals surface area (Å²) in [4.78, 5) is 31.1. The Hall–Kier alpha value is -3.55. The van der Waals surface area contributed by atoms with Gasteiger partial charge in [0.2, 0.25) is 0 Å². The number of hydrogen-bond donors (Lipinski definition) is 1. The number of rotatable bonds is 5. The van der Waals surface area contributed by atoms with E-state index in [4.69, 9.17) is 15.5 Å². The lowest BCUT2D eigenvalue weighted by atomic mass is 10.1. The molecule has 1 aliphatic rings. The molecule has 4 rings (SSSR count). The number of aromatic nitrogens is 4. The molecule has 0 bridgehead atoms. The van der Waals surface area contributed by atoms with Crippen molar-refractivity contribution >= 4 is 11.7 Å². The van der Waals surface area contributed by atoms with E-state index in [2.05, 4.69) is 19.9 Å². The van der Waals surface area contributed by atoms with Crippen LogP contribution in [0.4, 0.5) is 5.82 Å². The lowest BCUT2D eigenvalue weighted by Gasteiger charge is -2.33. The summed E-state index contributed by atoms with van der Waals surface area (Å²) in [5.41, 5.74) is 7.16. The number of ether oxygens (including phenoxy) is 1. The Morgan fingerprint density at radius 1 is 1.10 bits per heavy atom. The van der Waals surface area contributed by atoms with Crippen molar-refractivity contribution in [2.75, 3.05) is 18.0 Å². The van der Waals surface area contributed by atoms with E-state index in [9.17, 15) is 4.79 Å². The lowest BCUT2D eigenvalue weighted by molar-refractivity contribution is 0.0994. The molecule has 1 fully saturated rings. The van der Waals surface area contributed by atoms with Crippen LogP contribution < -0.4 is 15.4 Å². The van der Waals surface area contributed by atoms with Crippen molar-refractivity contribution in [3.63, 3.8) is 0 Å². The zero-order valence-electron chi connectivity index (χ0n) is 16.2. The highest BCUT2D eigenvalue weighted by molar-refractivity contribution is 5.91. The molecule has 0 atom stereocenters. The fraction of sp³-hybridized carbons (Fsp3) is 0.286. The minimum absolute atomic E-state index is 0.0626. The highest BCUT2D eigenvalue weighted by atomic mass is 16.5. The van der Waals surface area contributed by atoms with Gasteiger partial charge in [-0.05, 0) is 25.1 Å². The fourth-order valence-electron chi connectivity index (χ4n) is 3.34. The molecule has 29 heavy (non-hydrogen) atoms. The van der Waals surface area contributed by atoms with Crippen molar-refractivity contribution in [3.05, 3.63) is 60.2 Å². The van der Waals surface area contributed by atoms with Crippen molar-refractivity contribution in [3.8, 4) is 17.3 Å². The smallest absolute Gasteiger partial charge is 0.267 e. The summed E-state index contributed by atoms with van der Waals surface area (Å²) in [6, 6.07) is 11.0. The number of pyridine rings is 2. The third-order valence-corrected chi connectivity index (χ3v) is 4.79. The topological polar surface area (TPSA) is 107 Å². The summed E-state index contributed by atoms with van der Waals surface area (Å²) in [5, 5.41) is 0. The molecule has 1 saturated heterocycles. The zero-order chi connectivity index (χ0) is 20.2. The van der Waals surface area contributed by atoms with E-state index in [1.54, 1.807) is 18.3 Å². The van der Waals surface area contributed by atoms with Crippen LogP contribution in [-0.2, 0) is 0 Å². The molecule has 0 saturated carbocycles. The van der Waals surface area contributed by atoms with Crippen LogP contribution in [0.25, 0.3) is 11.5 Å². The quantitative estimate of drug-likeness (QED) is 0.713. The van der Waals surface area contributed by atoms with E-state index in [0.717, 1.165) is 43.1 Å². The predicted octanol–water partition coefficient (Wildman–Crippen LogP) is 2.39. The number of carbonyl (C=O) groups excluding carboxylic acids is 1. The Bertz CT molecular complexity index is 1000. The molecule has 3 aromatic rings. The van der Waals surface area contributed by atoms with Crippen molar-refractivity contribution in [1.29, 1.82) is 0 Å². The van der Waals surface area contributed by atoms with E-state index in [0.29, 0.717) is 11.6 Å². The van der Waals surface area contributed by atoms with Gasteiger partial charge in [-0.1, -0.05) is 6.07 Å². The fourth-order valence-corrected chi connectivity index (χ4v) is 3.34. The van der Waals surface area contributed by atoms with E-state index in [1.807, 2.05) is 31.2 Å². The second-order valence-electron chi connectivity index (χ2n) is 6.95. The standard InChI is InChI=1S/C21H22N6O2/c1-14-12-19(26-21(25-14)17-4-2-3-8-23-17)27-10-6-15(7-11-27)29-16-5-9-24-18(13-16)20(22)28/h2-5,8-9,12-13,15H,6-7,10-11H2,1H3,(H2,22,28). The number of primary amides is 1. The zero-order valence-corrected chi connectivity index (χ0v) is 16.2. The van der Waals surface area contributed by atoms with Gasteiger partial charge in [-0.3, -0.25) is 14.8 Å². The first-order valence-electron chi connectivity index (χ1n) is 9.53. The van der Waals surface area contributed by atoms with E-state index in [1.165, 1.54) is 6.20 Å². The maximum Gasteiger partial charge on any atom is 0.267 e. The van der Waals surface area contributed by atoms with Gasteiger partial charge in [0.05, 0.1) is 0 Å². The largest absolute Gasteiger partial charge is 0.490 e. The summed E-state index contributed by atoms with van der Waals surface area (Å²) >= 11 is 0. The molecule has 0 aliphatic carbocycles. The van der Waals surface area contributed by atoms with Crippen LogP contribution in [0, 0.1) is 6.92 Å². The normalized spacial score (nSPS) is 14.6. The highest BCUT2D eigenvalue weighted by Gasteiger charge is 2.22. The molecule has 2 N–H and O–H groups in total. The van der Waals surface area contributed by atoms with Crippen LogP contribution in [0.1, 0.15) is 29.0 Å². The molecule has 1 aliphatic heterocycles. The number of piperidine rings is 1. The van der Waals surface area contributed by atoms with Crippen LogP contribution in [0.15, 0.2) is 48.8 Å². The summed E-state index contributed by atoms with van der Waals surface area (Å²) in [6.07, 6.45) is 5.03. The first kappa shape index (κ1) is 18.8. The Balaban J connectivity index is 1.43. The molecule has 0 aromatic carbocycles. The van der Waals surface area contributed by atoms with E-state index >= 15 is 0 Å². The first-order chi connectivity index (χ1) is 14.1. The molecule has 8 heteroatoms. The molecular weight excluding hydrogens is 368 g/mol. The third kappa shape index (κ3) is 4.48. The van der Waals surface area contributed by atoms with Crippen molar-refractivity contribution < 1.29 is 9.53 Å². The number of carbonyl (C=O) groups is 1. The van der Waals surface area contributed by atoms with Crippen molar-refractivity contribution in [2.45, 2.75) is 25.9 Å². The second-order valence-corrected chi connectivity index (χ2v) is 6.95. The van der Waals surface area contributed by atoms with Gasteiger partial charge < -0.3 is 15.4 Å². The van der Waals surface area contributed by atoms with E-state index < -0.39 is 5.91 Å². The van der Waals surface area contributed by atoms with Crippen molar-refractivity contribution in [2.24, 2.45) is 5.73 Å².